The van der Waals surface area contributed by atoms with Crippen LogP contribution in [0.4, 0.5) is 22.0 Å². The molecule has 8 nitrogen and oxygen atoms in total. The fourth-order valence-electron chi connectivity index (χ4n) is 4.73. The van der Waals surface area contributed by atoms with Crippen LogP contribution in [0.5, 0.6) is 0 Å². The molecule has 4 rings (SSSR count). The summed E-state index contributed by atoms with van der Waals surface area (Å²) >= 11 is 0. The van der Waals surface area contributed by atoms with E-state index in [-0.39, 0.29) is 11.5 Å². The van der Waals surface area contributed by atoms with Gasteiger partial charge < -0.3 is 10.4 Å². The summed E-state index contributed by atoms with van der Waals surface area (Å²) in [5, 5.41) is 24.6. The average Bonchev–Trinajstić information content (AvgIpc) is 2.76. The van der Waals surface area contributed by atoms with Gasteiger partial charge in [0.05, 0.1) is 16.2 Å². The van der Waals surface area contributed by atoms with Crippen LogP contribution >= 0.6 is 0 Å². The van der Waals surface area contributed by atoms with E-state index in [1.165, 1.54) is 6.07 Å². The van der Waals surface area contributed by atoms with Crippen LogP contribution in [0.1, 0.15) is 45.6 Å². The second kappa shape index (κ2) is 8.78. The van der Waals surface area contributed by atoms with Gasteiger partial charge in [-0.25, -0.2) is 9.78 Å². The fourth-order valence-corrected chi connectivity index (χ4v) is 4.73. The molecule has 0 atom stereocenters. The Bertz CT molecular complexity index is 1200. The highest BCUT2D eigenvalue weighted by Gasteiger charge is 2.50. The molecular weight excluding hydrogens is 432 g/mol. The zero-order valence-electron chi connectivity index (χ0n) is 19.5. The highest BCUT2D eigenvalue weighted by Crippen LogP contribution is 2.49. The molecule has 0 bridgehead atoms. The molecule has 0 unspecified atom stereocenters. The third kappa shape index (κ3) is 4.31. The maximum Gasteiger partial charge on any atom is 0.408 e. The normalized spacial score (nSPS) is 14.7. The first kappa shape index (κ1) is 23.2. The summed E-state index contributed by atoms with van der Waals surface area (Å²) < 4.78 is 0. The van der Waals surface area contributed by atoms with E-state index >= 15 is 0 Å². The van der Waals surface area contributed by atoms with Gasteiger partial charge in [0, 0.05) is 22.9 Å². The van der Waals surface area contributed by atoms with Crippen LogP contribution in [0, 0.1) is 10.1 Å². The molecule has 8 heteroatoms. The Morgan fingerprint density at radius 3 is 2.21 bits per heavy atom. The molecule has 3 aromatic rings. The van der Waals surface area contributed by atoms with E-state index in [9.17, 15) is 20.0 Å². The predicted octanol–water partition coefficient (Wildman–Crippen LogP) is 6.56. The van der Waals surface area contributed by atoms with Crippen molar-refractivity contribution in [2.24, 2.45) is 0 Å². The number of rotatable bonds is 6. The van der Waals surface area contributed by atoms with Crippen LogP contribution in [0.3, 0.4) is 0 Å². The highest BCUT2D eigenvalue weighted by molar-refractivity contribution is 5.71. The Hall–Kier alpha value is -3.94. The topological polar surface area (TPSA) is 109 Å². The molecule has 1 fully saturated rings. The third-order valence-corrected chi connectivity index (χ3v) is 6.30. The van der Waals surface area contributed by atoms with Gasteiger partial charge in [-0.05, 0) is 63.8 Å². The molecule has 1 aliphatic carbocycles. The summed E-state index contributed by atoms with van der Waals surface area (Å²) in [5.74, 6) is 0.152. The van der Waals surface area contributed by atoms with Gasteiger partial charge in [0.25, 0.3) is 0 Å². The van der Waals surface area contributed by atoms with Crippen molar-refractivity contribution < 1.29 is 14.8 Å². The summed E-state index contributed by atoms with van der Waals surface area (Å²) in [6.45, 7) is 5.71. The summed E-state index contributed by atoms with van der Waals surface area (Å²) in [5.41, 5.74) is 1.80. The highest BCUT2D eigenvalue weighted by atomic mass is 16.6. The first-order valence-electron chi connectivity index (χ1n) is 11.2. The molecule has 2 aromatic carbocycles. The second-order valence-electron chi connectivity index (χ2n) is 9.56. The van der Waals surface area contributed by atoms with E-state index in [4.69, 9.17) is 0 Å². The maximum absolute atomic E-state index is 12.2. The van der Waals surface area contributed by atoms with E-state index in [1.54, 1.807) is 11.0 Å². The molecular formula is C26H28N4O4. The lowest BCUT2D eigenvalue weighted by atomic mass is 9.69. The quantitative estimate of drug-likeness (QED) is 0.319. The number of pyridine rings is 1. The number of amides is 1. The van der Waals surface area contributed by atoms with Crippen molar-refractivity contribution in [1.29, 1.82) is 0 Å². The van der Waals surface area contributed by atoms with E-state index < -0.39 is 22.1 Å². The van der Waals surface area contributed by atoms with Gasteiger partial charge in [-0.15, -0.1) is 0 Å². The lowest BCUT2D eigenvalue weighted by molar-refractivity contribution is -0.384. The lowest BCUT2D eigenvalue weighted by Crippen LogP contribution is -2.60. The monoisotopic (exact) mass is 460 g/mol. The minimum atomic E-state index is -0.938. The number of aromatic nitrogens is 1. The molecule has 1 saturated carbocycles. The number of nitrogens with one attached hydrogen (secondary N) is 1. The molecule has 0 radical (unpaired) electrons. The van der Waals surface area contributed by atoms with Gasteiger partial charge in [-0.2, -0.15) is 0 Å². The van der Waals surface area contributed by atoms with E-state index in [0.717, 1.165) is 30.4 Å². The Kier molecular flexibility index (Phi) is 6.00. The van der Waals surface area contributed by atoms with Gasteiger partial charge in [0.2, 0.25) is 5.82 Å². The van der Waals surface area contributed by atoms with Gasteiger partial charge in [-0.1, -0.05) is 42.5 Å². The summed E-state index contributed by atoms with van der Waals surface area (Å²) in [4.78, 5) is 29.3. The fraction of sp³-hybridized carbons (Fsp3) is 0.308. The maximum atomic E-state index is 12.2. The SMILES string of the molecule is CC(C)(C)N(C(=O)O)C1(c2ccc(Nc3nc(-c4ccccc4)ccc3[N+](=O)[O-])cc2)CCC1. The van der Waals surface area contributed by atoms with Crippen molar-refractivity contribution in [1.82, 2.24) is 9.88 Å². The number of carbonyl (C=O) groups is 1. The van der Waals surface area contributed by atoms with Gasteiger partial charge in [-0.3, -0.25) is 15.0 Å². The van der Waals surface area contributed by atoms with Crippen LogP contribution < -0.4 is 5.32 Å². The van der Waals surface area contributed by atoms with Gasteiger partial charge in [0.1, 0.15) is 0 Å². The van der Waals surface area contributed by atoms with Gasteiger partial charge in [0.15, 0.2) is 0 Å². The lowest BCUT2D eigenvalue weighted by Gasteiger charge is -2.54. The van der Waals surface area contributed by atoms with Gasteiger partial charge >= 0.3 is 11.8 Å². The van der Waals surface area contributed by atoms with E-state index in [2.05, 4.69) is 10.3 Å². The van der Waals surface area contributed by atoms with E-state index in [0.29, 0.717) is 11.4 Å². The average molecular weight is 461 g/mol. The van der Waals surface area contributed by atoms with Crippen LogP contribution in [0.25, 0.3) is 11.3 Å². The largest absolute Gasteiger partial charge is 0.465 e. The van der Waals surface area contributed by atoms with Crippen LogP contribution in [0.15, 0.2) is 66.7 Å². The molecule has 0 aliphatic heterocycles. The molecule has 1 aliphatic rings. The number of carboxylic acid groups (broad SMARTS) is 1. The summed E-state index contributed by atoms with van der Waals surface area (Å²) in [6.07, 6.45) is 1.54. The Labute approximate surface area is 198 Å². The number of anilines is 2. The smallest absolute Gasteiger partial charge is 0.408 e. The van der Waals surface area contributed by atoms with Crippen molar-refractivity contribution in [3.63, 3.8) is 0 Å². The first-order valence-corrected chi connectivity index (χ1v) is 11.2. The minimum absolute atomic E-state index is 0.121. The van der Waals surface area contributed by atoms with Crippen molar-refractivity contribution in [3.8, 4) is 11.3 Å². The Morgan fingerprint density at radius 2 is 1.71 bits per heavy atom. The molecule has 1 heterocycles. The number of benzene rings is 2. The van der Waals surface area contributed by atoms with Crippen molar-refractivity contribution in [3.05, 3.63) is 82.4 Å². The Balaban J connectivity index is 1.65. The van der Waals surface area contributed by atoms with Crippen molar-refractivity contribution >= 4 is 23.3 Å². The summed E-state index contributed by atoms with van der Waals surface area (Å²) in [7, 11) is 0. The second-order valence-corrected chi connectivity index (χ2v) is 9.56. The predicted molar refractivity (Wildman–Crippen MR) is 131 cm³/mol. The molecule has 2 N–H and O–H groups in total. The molecule has 176 valence electrons. The molecule has 1 amide bonds. The zero-order chi connectivity index (χ0) is 24.5. The van der Waals surface area contributed by atoms with Crippen molar-refractivity contribution in [2.45, 2.75) is 51.1 Å². The van der Waals surface area contributed by atoms with Crippen LogP contribution in [-0.4, -0.2) is 31.5 Å². The first-order chi connectivity index (χ1) is 16.1. The third-order valence-electron chi connectivity index (χ3n) is 6.30. The van der Waals surface area contributed by atoms with Crippen LogP contribution in [0.2, 0.25) is 0 Å². The Morgan fingerprint density at radius 1 is 1.06 bits per heavy atom. The number of nitro groups is 1. The van der Waals surface area contributed by atoms with Crippen molar-refractivity contribution in [2.75, 3.05) is 5.32 Å². The molecule has 34 heavy (non-hydrogen) atoms. The van der Waals surface area contributed by atoms with Crippen LogP contribution in [-0.2, 0) is 5.54 Å². The number of nitrogens with zero attached hydrogens (tertiary/aromatic N) is 3. The zero-order valence-corrected chi connectivity index (χ0v) is 19.5. The minimum Gasteiger partial charge on any atom is -0.465 e. The van der Waals surface area contributed by atoms with E-state index in [1.807, 2.05) is 75.4 Å². The standard InChI is InChI=1S/C26H28N4O4/c1-25(2,3)29(24(31)32)26(16-7-17-26)19-10-12-20(13-11-19)27-23-22(30(33)34)15-14-21(28-23)18-8-5-4-6-9-18/h4-6,8-15H,7,16-17H2,1-3H3,(H,27,28)(H,31,32). The number of hydrogen-bond acceptors (Lipinski definition) is 5. The molecule has 1 aromatic heterocycles. The molecule has 0 spiro atoms. The molecule has 0 saturated heterocycles. The number of hydrogen-bond donors (Lipinski definition) is 2. The summed E-state index contributed by atoms with van der Waals surface area (Å²) in [6, 6.07) is 20.0.